The van der Waals surface area contributed by atoms with Crippen molar-refractivity contribution in [2.24, 2.45) is 52.4 Å². The van der Waals surface area contributed by atoms with E-state index in [1.165, 1.54) is 103 Å². The average Bonchev–Trinajstić information content (AvgIpc) is 3.33. The third-order valence-corrected chi connectivity index (χ3v) is 14.6. The van der Waals surface area contributed by atoms with Crippen LogP contribution in [0.1, 0.15) is 141 Å². The van der Waals surface area contributed by atoms with Crippen molar-refractivity contribution in [3.63, 3.8) is 0 Å². The summed E-state index contributed by atoms with van der Waals surface area (Å²) < 4.78 is 13.4. The molecule has 43 heavy (non-hydrogen) atoms. The Bertz CT molecular complexity index is 829. The van der Waals surface area contributed by atoms with Crippen LogP contribution in [-0.4, -0.2) is 58.9 Å². The molecule has 7 saturated carbocycles. The first-order chi connectivity index (χ1) is 20.9. The van der Waals surface area contributed by atoms with Crippen molar-refractivity contribution >= 4 is 0 Å². The average molecular weight is 601 g/mol. The SMILES string of the molecule is NC1CCC(OC2CCC(C3(C4CCC(OC5CCC(N)C(O)C5)CC4)C4CCCCC4C4CCCCC43)CC2)CC1O. The van der Waals surface area contributed by atoms with Crippen LogP contribution in [0, 0.1) is 40.9 Å². The van der Waals surface area contributed by atoms with Gasteiger partial charge in [-0.1, -0.05) is 25.7 Å². The first kappa shape index (κ1) is 31.4. The third-order valence-electron chi connectivity index (χ3n) is 14.6. The minimum absolute atomic E-state index is 0.0715. The fourth-order valence-electron chi connectivity index (χ4n) is 12.9. The van der Waals surface area contributed by atoms with Crippen LogP contribution < -0.4 is 11.5 Å². The highest BCUT2D eigenvalue weighted by atomic mass is 16.5. The molecule has 7 aliphatic rings. The van der Waals surface area contributed by atoms with Gasteiger partial charge in [-0.15, -0.1) is 0 Å². The maximum absolute atomic E-state index is 10.4. The van der Waals surface area contributed by atoms with E-state index in [2.05, 4.69) is 0 Å². The molecule has 0 aliphatic heterocycles. The first-order valence-corrected chi connectivity index (χ1v) is 19.1. The molecule has 7 fully saturated rings. The predicted octanol–water partition coefficient (Wildman–Crippen LogP) is 6.23. The number of hydrogen-bond donors (Lipinski definition) is 4. The van der Waals surface area contributed by atoms with Gasteiger partial charge in [0, 0.05) is 24.9 Å². The predicted molar refractivity (Wildman–Crippen MR) is 170 cm³/mol. The van der Waals surface area contributed by atoms with Crippen LogP contribution >= 0.6 is 0 Å². The Morgan fingerprint density at radius 1 is 0.442 bits per heavy atom. The Morgan fingerprint density at radius 3 is 1.21 bits per heavy atom. The van der Waals surface area contributed by atoms with Crippen LogP contribution in [-0.2, 0) is 9.47 Å². The van der Waals surface area contributed by atoms with Gasteiger partial charge in [-0.25, -0.2) is 0 Å². The second-order valence-electron chi connectivity index (χ2n) is 16.7. The molecule has 246 valence electrons. The molecule has 0 bridgehead atoms. The summed E-state index contributed by atoms with van der Waals surface area (Å²) in [6.45, 7) is 0. The maximum atomic E-state index is 10.4. The quantitative estimate of drug-likeness (QED) is 0.288. The van der Waals surface area contributed by atoms with E-state index in [9.17, 15) is 10.2 Å². The van der Waals surface area contributed by atoms with Gasteiger partial charge in [-0.3, -0.25) is 0 Å². The van der Waals surface area contributed by atoms with Crippen molar-refractivity contribution in [3.05, 3.63) is 0 Å². The van der Waals surface area contributed by atoms with E-state index in [1.54, 1.807) is 0 Å². The van der Waals surface area contributed by atoms with Gasteiger partial charge in [0.1, 0.15) is 0 Å². The molecule has 6 nitrogen and oxygen atoms in total. The van der Waals surface area contributed by atoms with E-state index in [1.807, 2.05) is 0 Å². The molecule has 0 amide bonds. The van der Waals surface area contributed by atoms with Crippen LogP contribution in [0.4, 0.5) is 0 Å². The van der Waals surface area contributed by atoms with Crippen molar-refractivity contribution in [1.82, 2.24) is 0 Å². The summed E-state index contributed by atoms with van der Waals surface area (Å²) in [5.74, 6) is 5.59. The molecule has 0 heterocycles. The lowest BCUT2D eigenvalue weighted by Crippen LogP contribution is -2.51. The molecular formula is C37H64N2O4. The molecule has 7 rings (SSSR count). The summed E-state index contributed by atoms with van der Waals surface area (Å²) >= 11 is 0. The molecule has 10 unspecified atom stereocenters. The van der Waals surface area contributed by atoms with E-state index >= 15 is 0 Å². The van der Waals surface area contributed by atoms with Crippen LogP contribution in [0.5, 0.6) is 0 Å². The molecule has 7 aliphatic carbocycles. The summed E-state index contributed by atoms with van der Waals surface area (Å²) in [6, 6.07) is -0.143. The molecule has 0 aromatic carbocycles. The Hall–Kier alpha value is -0.240. The topological polar surface area (TPSA) is 111 Å². The molecule has 6 N–H and O–H groups in total. The highest BCUT2D eigenvalue weighted by molar-refractivity contribution is 5.13. The van der Waals surface area contributed by atoms with Gasteiger partial charge in [0.15, 0.2) is 0 Å². The zero-order chi connectivity index (χ0) is 29.6. The Labute approximate surface area is 261 Å². The molecule has 0 spiro atoms. The van der Waals surface area contributed by atoms with Gasteiger partial charge in [0.25, 0.3) is 0 Å². The van der Waals surface area contributed by atoms with Gasteiger partial charge >= 0.3 is 0 Å². The number of ether oxygens (including phenoxy) is 2. The van der Waals surface area contributed by atoms with E-state index in [-0.39, 0.29) is 24.3 Å². The lowest BCUT2D eigenvalue weighted by molar-refractivity contribution is -0.126. The Kier molecular flexibility index (Phi) is 9.83. The summed E-state index contributed by atoms with van der Waals surface area (Å²) in [5, 5.41) is 20.7. The number of hydrogen-bond acceptors (Lipinski definition) is 6. The van der Waals surface area contributed by atoms with Crippen LogP contribution in [0.25, 0.3) is 0 Å². The van der Waals surface area contributed by atoms with Crippen molar-refractivity contribution in [1.29, 1.82) is 0 Å². The van der Waals surface area contributed by atoms with Gasteiger partial charge in [0.2, 0.25) is 0 Å². The maximum Gasteiger partial charge on any atom is 0.0715 e. The molecular weight excluding hydrogens is 536 g/mol. The van der Waals surface area contributed by atoms with Crippen LogP contribution in [0.2, 0.25) is 0 Å². The highest BCUT2D eigenvalue weighted by Crippen LogP contribution is 2.71. The van der Waals surface area contributed by atoms with E-state index < -0.39 is 12.2 Å². The fraction of sp³-hybridized carbons (Fsp3) is 1.00. The van der Waals surface area contributed by atoms with E-state index in [0.29, 0.717) is 17.6 Å². The highest BCUT2D eigenvalue weighted by Gasteiger charge is 2.65. The number of aliphatic hydroxyl groups excluding tert-OH is 2. The zero-order valence-electron chi connectivity index (χ0n) is 27.0. The second-order valence-corrected chi connectivity index (χ2v) is 16.7. The van der Waals surface area contributed by atoms with Crippen molar-refractivity contribution in [2.75, 3.05) is 0 Å². The summed E-state index contributed by atoms with van der Waals surface area (Å²) in [7, 11) is 0. The lowest BCUT2D eigenvalue weighted by Gasteiger charge is -2.57. The molecule has 0 radical (unpaired) electrons. The molecule has 10 atom stereocenters. The first-order valence-electron chi connectivity index (χ1n) is 19.1. The fourth-order valence-corrected chi connectivity index (χ4v) is 12.9. The van der Waals surface area contributed by atoms with Gasteiger partial charge in [0.05, 0.1) is 36.6 Å². The van der Waals surface area contributed by atoms with Crippen molar-refractivity contribution in [3.8, 4) is 0 Å². The summed E-state index contributed by atoms with van der Waals surface area (Å²) in [6.07, 6.45) is 27.6. The minimum atomic E-state index is -0.400. The van der Waals surface area contributed by atoms with Gasteiger partial charge < -0.3 is 31.2 Å². The van der Waals surface area contributed by atoms with E-state index in [4.69, 9.17) is 20.9 Å². The third kappa shape index (κ3) is 6.13. The Morgan fingerprint density at radius 2 is 0.814 bits per heavy atom. The molecule has 0 aromatic rings. The summed E-state index contributed by atoms with van der Waals surface area (Å²) in [5.41, 5.74) is 12.7. The molecule has 0 aromatic heterocycles. The minimum Gasteiger partial charge on any atom is -0.391 e. The molecule has 6 heteroatoms. The standard InChI is InChI=1S/C37H64N2O4/c38-33-19-17-27(21-35(33)40)42-25-13-9-23(10-14-25)37(31-7-3-1-5-29(31)30-6-2-4-8-32(30)37)24-11-15-26(16-12-24)43-28-18-20-34(39)36(41)22-28/h23-36,40-41H,1-22,38-39H2. The largest absolute Gasteiger partial charge is 0.391 e. The normalized spacial score (nSPS) is 52.7. The van der Waals surface area contributed by atoms with Crippen molar-refractivity contribution < 1.29 is 19.7 Å². The second kappa shape index (κ2) is 13.5. The number of fused-ring (bicyclic) bond motifs is 3. The monoisotopic (exact) mass is 600 g/mol. The van der Waals surface area contributed by atoms with Crippen molar-refractivity contribution in [2.45, 2.75) is 190 Å². The number of rotatable bonds is 6. The Balaban J connectivity index is 1.06. The smallest absolute Gasteiger partial charge is 0.0715 e. The van der Waals surface area contributed by atoms with Crippen LogP contribution in [0.15, 0.2) is 0 Å². The van der Waals surface area contributed by atoms with Gasteiger partial charge in [-0.2, -0.15) is 0 Å². The number of nitrogens with two attached hydrogens (primary N) is 2. The van der Waals surface area contributed by atoms with Gasteiger partial charge in [-0.05, 0) is 144 Å². The number of aliphatic hydroxyl groups is 2. The lowest BCUT2D eigenvalue weighted by atomic mass is 9.48. The zero-order valence-corrected chi connectivity index (χ0v) is 27.0. The summed E-state index contributed by atoms with van der Waals surface area (Å²) in [4.78, 5) is 0. The van der Waals surface area contributed by atoms with E-state index in [0.717, 1.165) is 74.0 Å². The van der Waals surface area contributed by atoms with Crippen LogP contribution in [0.3, 0.4) is 0 Å². The molecule has 0 saturated heterocycles.